The molecule has 0 atom stereocenters. The maximum Gasteiger partial charge on any atom is 0.110 e. The van der Waals surface area contributed by atoms with Gasteiger partial charge < -0.3 is 10.3 Å². The minimum Gasteiger partial charge on any atom is -0.367 e. The number of nitrogens with one attached hydrogen (secondary N) is 1. The molecule has 0 aromatic carbocycles. The average molecular weight is 131 g/mol. The number of hydrogen-bond acceptors (Lipinski definition) is 2. The Labute approximate surface area is 57.7 Å². The van der Waals surface area contributed by atoms with Crippen LogP contribution in [0.15, 0.2) is 5.10 Å². The normalized spacial score (nSPS) is 8.11. The van der Waals surface area contributed by atoms with E-state index in [1.165, 1.54) is 0 Å². The topological polar surface area (TPSA) is 27.6 Å². The summed E-state index contributed by atoms with van der Waals surface area (Å²) in [6, 6.07) is 0. The molecule has 0 heterocycles. The predicted molar refractivity (Wildman–Crippen MR) is 42.6 cm³/mol. The van der Waals surface area contributed by atoms with Crippen LogP contribution in [0.4, 0.5) is 0 Å². The molecule has 0 rings (SSSR count). The maximum atomic E-state index is 3.72. The molecule has 0 saturated carbocycles. The van der Waals surface area contributed by atoms with Crippen LogP contribution in [0.1, 0.15) is 13.8 Å². The van der Waals surface area contributed by atoms with E-state index in [0.29, 0.717) is 0 Å². The lowest BCUT2D eigenvalue weighted by Crippen LogP contribution is -2.10. The molecule has 0 bridgehead atoms. The Morgan fingerprint density at radius 3 is 1.89 bits per heavy atom. The molecule has 0 aliphatic carbocycles. The van der Waals surface area contributed by atoms with Gasteiger partial charge in [0.1, 0.15) is 6.34 Å². The quantitative estimate of drug-likeness (QED) is 0.340. The van der Waals surface area contributed by atoms with Gasteiger partial charge >= 0.3 is 0 Å². The second-order valence-electron chi connectivity index (χ2n) is 1.43. The molecule has 0 unspecified atom stereocenters. The highest BCUT2D eigenvalue weighted by Crippen LogP contribution is 1.59. The third-order valence-corrected chi connectivity index (χ3v) is 0.418. The van der Waals surface area contributed by atoms with E-state index in [9.17, 15) is 0 Å². The summed E-state index contributed by atoms with van der Waals surface area (Å²) in [6.45, 7) is 4.00. The highest BCUT2D eigenvalue weighted by molar-refractivity contribution is 5.53. The van der Waals surface area contributed by atoms with Gasteiger partial charge in [0.05, 0.1) is 0 Å². The van der Waals surface area contributed by atoms with Crippen LogP contribution >= 0.6 is 0 Å². The third kappa shape index (κ3) is 18.9. The molecule has 0 aliphatic heterocycles. The Balaban J connectivity index is 0. The first-order chi connectivity index (χ1) is 4.27. The molecule has 0 saturated heterocycles. The molecule has 56 valence electrons. The molecule has 0 aromatic heterocycles. The van der Waals surface area contributed by atoms with E-state index >= 15 is 0 Å². The van der Waals surface area contributed by atoms with Crippen LogP contribution in [-0.2, 0) is 0 Å². The summed E-state index contributed by atoms with van der Waals surface area (Å²) in [4.78, 5) is 1.86. The number of rotatable bonds is 2. The van der Waals surface area contributed by atoms with Crippen LogP contribution in [0.2, 0.25) is 0 Å². The fourth-order valence-electron chi connectivity index (χ4n) is 0.173. The first-order valence-corrected chi connectivity index (χ1v) is 3.13. The summed E-state index contributed by atoms with van der Waals surface area (Å²) in [6.07, 6.45) is 1.69. The number of hydrogen-bond donors (Lipinski definition) is 1. The molecule has 3 nitrogen and oxygen atoms in total. The van der Waals surface area contributed by atoms with Gasteiger partial charge in [-0.25, -0.2) is 0 Å². The van der Waals surface area contributed by atoms with E-state index < -0.39 is 0 Å². The standard InChI is InChI=1S/C4H11N3.C2H6/c1-5-6-4-7(2)3;1-2/h4-5H,1-3H3;1-2H3/b6-4-;. The van der Waals surface area contributed by atoms with Crippen LogP contribution < -0.4 is 5.43 Å². The SMILES string of the molecule is CC.CN/N=C\N(C)C. The molecule has 0 aliphatic rings. The fourth-order valence-corrected chi connectivity index (χ4v) is 0.173. The Kier molecular flexibility index (Phi) is 12.7. The molecule has 3 heteroatoms. The Bertz CT molecular complexity index is 59.3. The second-order valence-corrected chi connectivity index (χ2v) is 1.43. The van der Waals surface area contributed by atoms with Crippen molar-refractivity contribution in [1.82, 2.24) is 10.3 Å². The van der Waals surface area contributed by atoms with Crippen LogP contribution in [0.3, 0.4) is 0 Å². The number of nitrogens with zero attached hydrogens (tertiary/aromatic N) is 2. The summed E-state index contributed by atoms with van der Waals surface area (Å²) >= 11 is 0. The molecule has 0 fully saturated rings. The van der Waals surface area contributed by atoms with Crippen molar-refractivity contribution < 1.29 is 0 Å². The van der Waals surface area contributed by atoms with Gasteiger partial charge in [-0.2, -0.15) is 5.10 Å². The molecule has 0 spiro atoms. The summed E-state index contributed by atoms with van der Waals surface area (Å²) in [5.41, 5.74) is 2.63. The first-order valence-electron chi connectivity index (χ1n) is 3.13. The zero-order valence-corrected chi connectivity index (χ0v) is 6.97. The van der Waals surface area contributed by atoms with Crippen molar-refractivity contribution in [2.75, 3.05) is 21.1 Å². The first kappa shape index (κ1) is 11.1. The van der Waals surface area contributed by atoms with Crippen molar-refractivity contribution in [1.29, 1.82) is 0 Å². The molecular weight excluding hydrogens is 114 g/mol. The molecule has 0 radical (unpaired) electrons. The second kappa shape index (κ2) is 10.3. The molecule has 0 amide bonds. The molecule has 0 aromatic rings. The molecular formula is C6H17N3. The van der Waals surface area contributed by atoms with E-state index in [0.717, 1.165) is 0 Å². The number of hydrazone groups is 1. The Hall–Kier alpha value is -0.730. The van der Waals surface area contributed by atoms with Crippen molar-refractivity contribution >= 4 is 6.34 Å². The van der Waals surface area contributed by atoms with Crippen LogP contribution in [0.25, 0.3) is 0 Å². The van der Waals surface area contributed by atoms with Gasteiger partial charge in [-0.05, 0) is 0 Å². The minimum atomic E-state index is 1.69. The highest BCUT2D eigenvalue weighted by atomic mass is 15.3. The van der Waals surface area contributed by atoms with E-state index in [1.54, 1.807) is 13.4 Å². The van der Waals surface area contributed by atoms with Gasteiger partial charge in [0.15, 0.2) is 0 Å². The van der Waals surface area contributed by atoms with Gasteiger partial charge in [0, 0.05) is 21.1 Å². The van der Waals surface area contributed by atoms with Crippen molar-refractivity contribution in [2.45, 2.75) is 13.8 Å². The van der Waals surface area contributed by atoms with Crippen molar-refractivity contribution in [2.24, 2.45) is 5.10 Å². The average Bonchev–Trinajstić information content (AvgIpc) is 1.88. The van der Waals surface area contributed by atoms with Gasteiger partial charge in [0.2, 0.25) is 0 Å². The molecule has 9 heavy (non-hydrogen) atoms. The lowest BCUT2D eigenvalue weighted by Gasteiger charge is -1.99. The van der Waals surface area contributed by atoms with Gasteiger partial charge in [0.25, 0.3) is 0 Å². The van der Waals surface area contributed by atoms with E-state index in [2.05, 4.69) is 10.5 Å². The zero-order chi connectivity index (χ0) is 7.70. The lowest BCUT2D eigenvalue weighted by atomic mass is 11.0. The summed E-state index contributed by atoms with van der Waals surface area (Å²) in [7, 11) is 5.60. The summed E-state index contributed by atoms with van der Waals surface area (Å²) in [5.74, 6) is 0. The third-order valence-electron chi connectivity index (χ3n) is 0.418. The Morgan fingerprint density at radius 1 is 1.33 bits per heavy atom. The van der Waals surface area contributed by atoms with Crippen molar-refractivity contribution in [3.63, 3.8) is 0 Å². The van der Waals surface area contributed by atoms with Gasteiger partial charge in [-0.15, -0.1) is 0 Å². The highest BCUT2D eigenvalue weighted by Gasteiger charge is 1.69. The maximum absolute atomic E-state index is 3.72. The monoisotopic (exact) mass is 131 g/mol. The van der Waals surface area contributed by atoms with Crippen molar-refractivity contribution in [3.8, 4) is 0 Å². The van der Waals surface area contributed by atoms with Gasteiger partial charge in [-0.3, -0.25) is 0 Å². The zero-order valence-electron chi connectivity index (χ0n) is 6.97. The Morgan fingerprint density at radius 2 is 1.78 bits per heavy atom. The van der Waals surface area contributed by atoms with Crippen LogP contribution in [0.5, 0.6) is 0 Å². The lowest BCUT2D eigenvalue weighted by molar-refractivity contribution is 0.633. The van der Waals surface area contributed by atoms with E-state index in [4.69, 9.17) is 0 Å². The van der Waals surface area contributed by atoms with E-state index in [1.807, 2.05) is 32.8 Å². The fraction of sp³-hybridized carbons (Fsp3) is 0.833. The van der Waals surface area contributed by atoms with Gasteiger partial charge in [-0.1, -0.05) is 13.8 Å². The molecule has 1 N–H and O–H groups in total. The summed E-state index contributed by atoms with van der Waals surface area (Å²) in [5, 5.41) is 3.72. The largest absolute Gasteiger partial charge is 0.367 e. The van der Waals surface area contributed by atoms with E-state index in [-0.39, 0.29) is 0 Å². The predicted octanol–water partition coefficient (Wildman–Crippen LogP) is 0.737. The van der Waals surface area contributed by atoms with Crippen molar-refractivity contribution in [3.05, 3.63) is 0 Å². The van der Waals surface area contributed by atoms with Crippen LogP contribution in [-0.4, -0.2) is 32.4 Å². The summed E-state index contributed by atoms with van der Waals surface area (Å²) < 4.78 is 0. The smallest absolute Gasteiger partial charge is 0.110 e. The minimum absolute atomic E-state index is 1.69. The van der Waals surface area contributed by atoms with Crippen LogP contribution in [0, 0.1) is 0 Å².